The monoisotopic (exact) mass is 284 g/mol. The summed E-state index contributed by atoms with van der Waals surface area (Å²) < 4.78 is 5.32. The fourth-order valence-electron chi connectivity index (χ4n) is 2.14. The average Bonchev–Trinajstić information content (AvgIpc) is 2.42. The van der Waals surface area contributed by atoms with Crippen LogP contribution >= 0.6 is 11.6 Å². The zero-order valence-electron chi connectivity index (χ0n) is 12.3. The van der Waals surface area contributed by atoms with E-state index in [9.17, 15) is 0 Å². The molecule has 0 spiro atoms. The summed E-state index contributed by atoms with van der Waals surface area (Å²) in [4.78, 5) is 2.33. The summed E-state index contributed by atoms with van der Waals surface area (Å²) in [5.74, 6) is 0. The normalized spacial score (nSPS) is 14.6. The molecule has 0 amide bonds. The molecule has 0 aliphatic rings. The van der Waals surface area contributed by atoms with Crippen molar-refractivity contribution in [3.8, 4) is 0 Å². The second kappa shape index (κ2) is 8.54. The largest absolute Gasteiger partial charge is 0.383 e. The quantitative estimate of drug-likeness (QED) is 0.794. The van der Waals surface area contributed by atoms with Gasteiger partial charge in [0.15, 0.2) is 0 Å². The third-order valence-corrected chi connectivity index (χ3v) is 3.74. The van der Waals surface area contributed by atoms with Gasteiger partial charge in [0.1, 0.15) is 0 Å². The minimum atomic E-state index is 0.303. The average molecular weight is 285 g/mol. The van der Waals surface area contributed by atoms with Crippen LogP contribution in [0.15, 0.2) is 24.3 Å². The minimum absolute atomic E-state index is 0.303. The van der Waals surface area contributed by atoms with Gasteiger partial charge in [-0.05, 0) is 38.2 Å². The fraction of sp³-hybridized carbons (Fsp3) is 0.600. The third-order valence-electron chi connectivity index (χ3n) is 3.51. The summed E-state index contributed by atoms with van der Waals surface area (Å²) in [6.07, 6.45) is 0. The van der Waals surface area contributed by atoms with Crippen LogP contribution in [-0.4, -0.2) is 44.8 Å². The number of rotatable bonds is 8. The molecule has 0 aromatic heterocycles. The van der Waals surface area contributed by atoms with Crippen molar-refractivity contribution < 1.29 is 4.74 Å². The van der Waals surface area contributed by atoms with E-state index in [0.29, 0.717) is 18.7 Å². The molecule has 19 heavy (non-hydrogen) atoms. The van der Waals surface area contributed by atoms with Gasteiger partial charge in [0, 0.05) is 30.8 Å². The van der Waals surface area contributed by atoms with Crippen LogP contribution in [0.1, 0.15) is 25.5 Å². The van der Waals surface area contributed by atoms with Gasteiger partial charge in [0.05, 0.1) is 6.61 Å². The molecular weight excluding hydrogens is 260 g/mol. The Labute approximate surface area is 121 Å². The number of benzene rings is 1. The van der Waals surface area contributed by atoms with Crippen molar-refractivity contribution in [2.24, 2.45) is 0 Å². The van der Waals surface area contributed by atoms with Crippen molar-refractivity contribution >= 4 is 11.6 Å². The van der Waals surface area contributed by atoms with Crippen molar-refractivity contribution in [2.75, 3.05) is 33.9 Å². The van der Waals surface area contributed by atoms with Gasteiger partial charge in [-0.3, -0.25) is 4.90 Å². The van der Waals surface area contributed by atoms with Crippen molar-refractivity contribution in [3.05, 3.63) is 34.9 Å². The molecule has 2 atom stereocenters. The van der Waals surface area contributed by atoms with Gasteiger partial charge >= 0.3 is 0 Å². The molecule has 0 radical (unpaired) electrons. The van der Waals surface area contributed by atoms with Crippen molar-refractivity contribution in [2.45, 2.75) is 25.9 Å². The lowest BCUT2D eigenvalue weighted by atomic mass is 10.1. The summed E-state index contributed by atoms with van der Waals surface area (Å²) in [5, 5.41) is 4.17. The lowest BCUT2D eigenvalue weighted by Gasteiger charge is -2.33. The zero-order valence-corrected chi connectivity index (χ0v) is 13.1. The number of hydrogen-bond donors (Lipinski definition) is 1. The van der Waals surface area contributed by atoms with Gasteiger partial charge in [-0.2, -0.15) is 0 Å². The van der Waals surface area contributed by atoms with Crippen LogP contribution in [0.25, 0.3) is 0 Å². The van der Waals surface area contributed by atoms with Crippen LogP contribution in [-0.2, 0) is 4.74 Å². The summed E-state index contributed by atoms with van der Waals surface area (Å²) >= 11 is 6.06. The highest BCUT2D eigenvalue weighted by atomic mass is 35.5. The Hall–Kier alpha value is -0.610. The first kappa shape index (κ1) is 16.4. The summed E-state index contributed by atoms with van der Waals surface area (Å²) in [5.41, 5.74) is 1.23. The number of nitrogens with one attached hydrogen (secondary N) is 1. The van der Waals surface area contributed by atoms with E-state index in [1.807, 2.05) is 18.2 Å². The predicted octanol–water partition coefficient (Wildman–Crippen LogP) is 2.96. The number of halogens is 1. The Kier molecular flexibility index (Phi) is 7.39. The molecule has 1 N–H and O–H groups in total. The first-order chi connectivity index (χ1) is 9.10. The van der Waals surface area contributed by atoms with Gasteiger partial charge < -0.3 is 10.1 Å². The van der Waals surface area contributed by atoms with Crippen LogP contribution in [0.3, 0.4) is 0 Å². The second-order valence-electron chi connectivity index (χ2n) is 4.81. The molecule has 1 rings (SSSR count). The van der Waals surface area contributed by atoms with Crippen molar-refractivity contribution in [1.82, 2.24) is 10.2 Å². The molecule has 4 heteroatoms. The van der Waals surface area contributed by atoms with Crippen LogP contribution in [0.5, 0.6) is 0 Å². The van der Waals surface area contributed by atoms with Crippen LogP contribution in [0.4, 0.5) is 0 Å². The smallest absolute Gasteiger partial charge is 0.0630 e. The molecule has 0 fully saturated rings. The molecule has 0 aliphatic heterocycles. The maximum Gasteiger partial charge on any atom is 0.0630 e. The third kappa shape index (κ3) is 5.11. The van der Waals surface area contributed by atoms with Gasteiger partial charge in [0.25, 0.3) is 0 Å². The summed E-state index contributed by atoms with van der Waals surface area (Å²) in [6.45, 7) is 6.92. The van der Waals surface area contributed by atoms with E-state index in [2.05, 4.69) is 37.2 Å². The first-order valence-electron chi connectivity index (χ1n) is 6.77. The highest BCUT2D eigenvalue weighted by Gasteiger charge is 2.20. The molecule has 0 saturated carbocycles. The molecular formula is C15H25ClN2O. The second-order valence-corrected chi connectivity index (χ2v) is 5.25. The number of nitrogens with zero attached hydrogens (tertiary/aromatic N) is 1. The Balaban J connectivity index is 2.74. The zero-order chi connectivity index (χ0) is 14.3. The van der Waals surface area contributed by atoms with Gasteiger partial charge in [-0.1, -0.05) is 30.7 Å². The number of likely N-dealkylation sites (N-methyl/N-ethyl adjacent to an activating group) is 2. The molecule has 0 aliphatic carbocycles. The van der Waals surface area contributed by atoms with E-state index in [1.54, 1.807) is 7.11 Å². The Morgan fingerprint density at radius 2 is 2.16 bits per heavy atom. The summed E-state index contributed by atoms with van der Waals surface area (Å²) in [7, 11) is 3.88. The van der Waals surface area contributed by atoms with Gasteiger partial charge in [-0.15, -0.1) is 0 Å². The maximum atomic E-state index is 6.06. The first-order valence-corrected chi connectivity index (χ1v) is 7.15. The molecule has 1 aromatic carbocycles. The van der Waals surface area contributed by atoms with E-state index < -0.39 is 0 Å². The van der Waals surface area contributed by atoms with Crippen LogP contribution in [0, 0.1) is 0 Å². The molecule has 1 aromatic rings. The predicted molar refractivity (Wildman–Crippen MR) is 81.8 cm³/mol. The highest BCUT2D eigenvalue weighted by molar-refractivity contribution is 6.30. The fourth-order valence-corrected chi connectivity index (χ4v) is 2.34. The lowest BCUT2D eigenvalue weighted by molar-refractivity contribution is 0.0840. The number of ether oxygens (including phenoxy) is 1. The lowest BCUT2D eigenvalue weighted by Crippen LogP contribution is -2.44. The number of hydrogen-bond acceptors (Lipinski definition) is 3. The summed E-state index contributed by atoms with van der Waals surface area (Å²) in [6, 6.07) is 8.70. The van der Waals surface area contributed by atoms with E-state index in [4.69, 9.17) is 16.3 Å². The minimum Gasteiger partial charge on any atom is -0.383 e. The SMILES string of the molecule is CCNCC(COC)N(C)C(C)c1cccc(Cl)c1. The van der Waals surface area contributed by atoms with E-state index in [1.165, 1.54) is 5.56 Å². The van der Waals surface area contributed by atoms with E-state index in [0.717, 1.165) is 18.1 Å². The molecule has 108 valence electrons. The highest BCUT2D eigenvalue weighted by Crippen LogP contribution is 2.23. The number of methoxy groups -OCH3 is 1. The maximum absolute atomic E-state index is 6.06. The molecule has 0 bridgehead atoms. The topological polar surface area (TPSA) is 24.5 Å². The van der Waals surface area contributed by atoms with Crippen molar-refractivity contribution in [3.63, 3.8) is 0 Å². The van der Waals surface area contributed by atoms with E-state index in [-0.39, 0.29) is 0 Å². The Bertz CT molecular complexity index is 373. The standard InChI is InChI=1S/C15H25ClN2O/c1-5-17-10-15(11-19-4)18(3)12(2)13-7-6-8-14(16)9-13/h6-9,12,15,17H,5,10-11H2,1-4H3. The van der Waals surface area contributed by atoms with Crippen molar-refractivity contribution in [1.29, 1.82) is 0 Å². The van der Waals surface area contributed by atoms with Crippen LogP contribution < -0.4 is 5.32 Å². The molecule has 0 saturated heterocycles. The van der Waals surface area contributed by atoms with Crippen LogP contribution in [0.2, 0.25) is 5.02 Å². The Morgan fingerprint density at radius 1 is 1.42 bits per heavy atom. The molecule has 3 nitrogen and oxygen atoms in total. The van der Waals surface area contributed by atoms with Gasteiger partial charge in [-0.25, -0.2) is 0 Å². The molecule has 2 unspecified atom stereocenters. The molecule has 0 heterocycles. The Morgan fingerprint density at radius 3 is 2.74 bits per heavy atom. The van der Waals surface area contributed by atoms with E-state index >= 15 is 0 Å². The van der Waals surface area contributed by atoms with Gasteiger partial charge in [0.2, 0.25) is 0 Å².